The number of carboxylic acids is 1. The van der Waals surface area contributed by atoms with Crippen molar-refractivity contribution in [2.24, 2.45) is 0 Å². The molecule has 0 bridgehead atoms. The first-order valence-electron chi connectivity index (χ1n) is 5.74. The number of carbonyl (C=O) groups is 1. The molecule has 2 heterocycles. The Bertz CT molecular complexity index is 387. The zero-order chi connectivity index (χ0) is 12.1. The number of ether oxygens (including phenoxy) is 1. The molecule has 1 N–H and O–H groups in total. The van der Waals surface area contributed by atoms with Crippen molar-refractivity contribution in [3.8, 4) is 0 Å². The van der Waals surface area contributed by atoms with Crippen LogP contribution < -0.4 is 0 Å². The smallest absolute Gasteiger partial charge is 0.354 e. The molecule has 1 aromatic rings. The SMILES string of the molecule is O=C(O)c1ncccc1CN1CCCOCC1. The van der Waals surface area contributed by atoms with Gasteiger partial charge in [-0.15, -0.1) is 0 Å². The fourth-order valence-electron chi connectivity index (χ4n) is 1.96. The summed E-state index contributed by atoms with van der Waals surface area (Å²) in [5.41, 5.74) is 0.916. The van der Waals surface area contributed by atoms with E-state index in [4.69, 9.17) is 9.84 Å². The molecule has 1 fully saturated rings. The molecule has 2 rings (SSSR count). The van der Waals surface area contributed by atoms with E-state index in [1.807, 2.05) is 6.07 Å². The molecule has 0 saturated carbocycles. The van der Waals surface area contributed by atoms with Gasteiger partial charge < -0.3 is 9.84 Å². The Morgan fingerprint density at radius 3 is 3.18 bits per heavy atom. The second kappa shape index (κ2) is 5.75. The molecule has 1 saturated heterocycles. The van der Waals surface area contributed by atoms with E-state index < -0.39 is 5.97 Å². The van der Waals surface area contributed by atoms with E-state index in [1.54, 1.807) is 6.07 Å². The van der Waals surface area contributed by atoms with Crippen molar-refractivity contribution in [1.29, 1.82) is 0 Å². The quantitative estimate of drug-likeness (QED) is 0.848. The van der Waals surface area contributed by atoms with Crippen LogP contribution in [-0.2, 0) is 11.3 Å². The molecule has 5 heteroatoms. The second-order valence-electron chi connectivity index (χ2n) is 4.06. The molecular formula is C12H16N2O3. The van der Waals surface area contributed by atoms with Gasteiger partial charge in [0.25, 0.3) is 0 Å². The summed E-state index contributed by atoms with van der Waals surface area (Å²) in [6.45, 7) is 3.90. The molecule has 1 aromatic heterocycles. The van der Waals surface area contributed by atoms with Crippen molar-refractivity contribution < 1.29 is 14.6 Å². The van der Waals surface area contributed by atoms with Crippen molar-refractivity contribution in [2.45, 2.75) is 13.0 Å². The van der Waals surface area contributed by atoms with Crippen LogP contribution in [0, 0.1) is 0 Å². The lowest BCUT2D eigenvalue weighted by molar-refractivity contribution is 0.0687. The lowest BCUT2D eigenvalue weighted by atomic mass is 10.1. The number of carboxylic acid groups (broad SMARTS) is 1. The molecule has 1 aliphatic heterocycles. The molecule has 0 atom stereocenters. The van der Waals surface area contributed by atoms with Gasteiger partial charge in [0.1, 0.15) is 0 Å². The summed E-state index contributed by atoms with van der Waals surface area (Å²) in [7, 11) is 0. The predicted octanol–water partition coefficient (Wildman–Crippen LogP) is 1.00. The number of hydrogen-bond donors (Lipinski definition) is 1. The fourth-order valence-corrected chi connectivity index (χ4v) is 1.96. The van der Waals surface area contributed by atoms with E-state index in [0.29, 0.717) is 13.2 Å². The van der Waals surface area contributed by atoms with Crippen molar-refractivity contribution in [1.82, 2.24) is 9.88 Å². The van der Waals surface area contributed by atoms with Gasteiger partial charge in [0.2, 0.25) is 0 Å². The van der Waals surface area contributed by atoms with Crippen molar-refractivity contribution in [3.05, 3.63) is 29.6 Å². The van der Waals surface area contributed by atoms with Crippen LogP contribution in [0.3, 0.4) is 0 Å². The highest BCUT2D eigenvalue weighted by Gasteiger charge is 2.15. The molecule has 0 amide bonds. The van der Waals surface area contributed by atoms with Gasteiger partial charge in [-0.25, -0.2) is 9.78 Å². The zero-order valence-corrected chi connectivity index (χ0v) is 9.63. The van der Waals surface area contributed by atoms with Crippen molar-refractivity contribution in [2.75, 3.05) is 26.3 Å². The molecular weight excluding hydrogens is 220 g/mol. The van der Waals surface area contributed by atoms with Crippen molar-refractivity contribution in [3.63, 3.8) is 0 Å². The fraction of sp³-hybridized carbons (Fsp3) is 0.500. The summed E-state index contributed by atoms with van der Waals surface area (Å²) in [5.74, 6) is -0.966. The first-order chi connectivity index (χ1) is 8.27. The molecule has 0 unspecified atom stereocenters. The lowest BCUT2D eigenvalue weighted by Crippen LogP contribution is -2.27. The van der Waals surface area contributed by atoms with E-state index in [-0.39, 0.29) is 5.69 Å². The van der Waals surface area contributed by atoms with Crippen LogP contribution >= 0.6 is 0 Å². The standard InChI is InChI=1S/C12H16N2O3/c15-12(16)11-10(3-1-4-13-11)9-14-5-2-7-17-8-6-14/h1,3-4H,2,5-9H2,(H,15,16). The Labute approximate surface area is 100 Å². The average molecular weight is 236 g/mol. The Balaban J connectivity index is 2.09. The minimum absolute atomic E-state index is 0.151. The highest BCUT2D eigenvalue weighted by molar-refractivity contribution is 5.86. The molecule has 17 heavy (non-hydrogen) atoms. The largest absolute Gasteiger partial charge is 0.477 e. The van der Waals surface area contributed by atoms with Gasteiger partial charge in [-0.05, 0) is 18.1 Å². The Morgan fingerprint density at radius 2 is 2.35 bits per heavy atom. The van der Waals surface area contributed by atoms with Crippen LogP contribution in [0.1, 0.15) is 22.5 Å². The molecule has 0 aromatic carbocycles. The maximum Gasteiger partial charge on any atom is 0.354 e. The number of aromatic carboxylic acids is 1. The number of rotatable bonds is 3. The number of hydrogen-bond acceptors (Lipinski definition) is 4. The first-order valence-corrected chi connectivity index (χ1v) is 5.74. The maximum atomic E-state index is 11.0. The number of aromatic nitrogens is 1. The van der Waals surface area contributed by atoms with Gasteiger partial charge >= 0.3 is 5.97 Å². The van der Waals surface area contributed by atoms with Crippen LogP contribution in [0.25, 0.3) is 0 Å². The Hall–Kier alpha value is -1.46. The van der Waals surface area contributed by atoms with Gasteiger partial charge in [0.15, 0.2) is 5.69 Å². The van der Waals surface area contributed by atoms with Gasteiger partial charge in [-0.1, -0.05) is 6.07 Å². The molecule has 0 aliphatic carbocycles. The van der Waals surface area contributed by atoms with Crippen LogP contribution in [0.2, 0.25) is 0 Å². The number of nitrogens with zero attached hydrogens (tertiary/aromatic N) is 2. The van der Waals surface area contributed by atoms with E-state index in [1.165, 1.54) is 6.20 Å². The van der Waals surface area contributed by atoms with Crippen LogP contribution in [0.5, 0.6) is 0 Å². The number of pyridine rings is 1. The van der Waals surface area contributed by atoms with E-state index in [2.05, 4.69) is 9.88 Å². The summed E-state index contributed by atoms with van der Waals surface area (Å²) >= 11 is 0. The van der Waals surface area contributed by atoms with Gasteiger partial charge in [0.05, 0.1) is 6.61 Å². The van der Waals surface area contributed by atoms with E-state index in [0.717, 1.165) is 31.7 Å². The lowest BCUT2D eigenvalue weighted by Gasteiger charge is -2.19. The Kier molecular flexibility index (Phi) is 4.06. The normalized spacial score (nSPS) is 17.6. The molecule has 5 nitrogen and oxygen atoms in total. The molecule has 0 spiro atoms. The summed E-state index contributed by atoms with van der Waals surface area (Å²) in [5, 5.41) is 9.04. The van der Waals surface area contributed by atoms with E-state index >= 15 is 0 Å². The first kappa shape index (κ1) is 12.0. The van der Waals surface area contributed by atoms with Crippen LogP contribution in [0.4, 0.5) is 0 Å². The van der Waals surface area contributed by atoms with E-state index in [9.17, 15) is 4.79 Å². The highest BCUT2D eigenvalue weighted by atomic mass is 16.5. The monoisotopic (exact) mass is 236 g/mol. The topological polar surface area (TPSA) is 62.7 Å². The maximum absolute atomic E-state index is 11.0. The second-order valence-corrected chi connectivity index (χ2v) is 4.06. The average Bonchev–Trinajstić information content (AvgIpc) is 2.58. The van der Waals surface area contributed by atoms with Gasteiger partial charge in [-0.2, -0.15) is 0 Å². The minimum atomic E-state index is -0.966. The van der Waals surface area contributed by atoms with Crippen LogP contribution in [0.15, 0.2) is 18.3 Å². The third-order valence-electron chi connectivity index (χ3n) is 2.80. The summed E-state index contributed by atoms with van der Waals surface area (Å²) in [6, 6.07) is 3.60. The molecule has 0 radical (unpaired) electrons. The zero-order valence-electron chi connectivity index (χ0n) is 9.63. The highest BCUT2D eigenvalue weighted by Crippen LogP contribution is 2.11. The molecule has 1 aliphatic rings. The molecule has 92 valence electrons. The Morgan fingerprint density at radius 1 is 1.47 bits per heavy atom. The van der Waals surface area contributed by atoms with Crippen molar-refractivity contribution >= 4 is 5.97 Å². The third-order valence-corrected chi connectivity index (χ3v) is 2.80. The van der Waals surface area contributed by atoms with Gasteiger partial charge in [-0.3, -0.25) is 4.90 Å². The third kappa shape index (κ3) is 3.25. The van der Waals surface area contributed by atoms with Gasteiger partial charge in [0, 0.05) is 32.4 Å². The summed E-state index contributed by atoms with van der Waals surface area (Å²) < 4.78 is 5.37. The van der Waals surface area contributed by atoms with Crippen LogP contribution in [-0.4, -0.2) is 47.3 Å². The predicted molar refractivity (Wildman–Crippen MR) is 61.9 cm³/mol. The minimum Gasteiger partial charge on any atom is -0.477 e. The summed E-state index contributed by atoms with van der Waals surface area (Å²) in [4.78, 5) is 17.1. The summed E-state index contributed by atoms with van der Waals surface area (Å²) in [6.07, 6.45) is 2.50.